The maximum absolute atomic E-state index is 12.1. The van der Waals surface area contributed by atoms with Gasteiger partial charge in [0.2, 0.25) is 0 Å². The number of amides is 1. The minimum absolute atomic E-state index is 0.206. The smallest absolute Gasteiger partial charge is 0.323 e. The second-order valence-corrected chi connectivity index (χ2v) is 8.69. The Balaban J connectivity index is 1.55. The average molecular weight is 563 g/mol. The molecule has 4 rings (SSSR count). The molecule has 3 aromatic rings. The van der Waals surface area contributed by atoms with Crippen LogP contribution in [0.3, 0.4) is 0 Å². The fourth-order valence-corrected chi connectivity index (χ4v) is 3.90. The molecule has 0 atom stereocenters. The lowest BCUT2D eigenvalue weighted by Gasteiger charge is -2.10. The summed E-state index contributed by atoms with van der Waals surface area (Å²) in [5.41, 5.74) is 6.48. The molecule has 31 heavy (non-hydrogen) atoms. The van der Waals surface area contributed by atoms with E-state index in [0.717, 1.165) is 25.8 Å². The zero-order valence-corrected chi connectivity index (χ0v) is 19.8. The largest absolute Gasteiger partial charge is 0.435 e. The highest BCUT2D eigenvalue weighted by Crippen LogP contribution is 2.30. The van der Waals surface area contributed by atoms with Crippen molar-refractivity contribution < 1.29 is 9.63 Å². The van der Waals surface area contributed by atoms with Gasteiger partial charge in [0.25, 0.3) is 0 Å². The Morgan fingerprint density at radius 1 is 1.00 bits per heavy atom. The van der Waals surface area contributed by atoms with Crippen LogP contribution < -0.4 is 10.8 Å². The van der Waals surface area contributed by atoms with E-state index in [2.05, 4.69) is 47.6 Å². The van der Waals surface area contributed by atoms with Crippen LogP contribution in [-0.4, -0.2) is 24.2 Å². The quantitative estimate of drug-likeness (QED) is 0.350. The number of carbonyl (C=O) groups is 1. The van der Waals surface area contributed by atoms with E-state index in [-0.39, 0.29) is 6.54 Å². The van der Waals surface area contributed by atoms with Gasteiger partial charge in [-0.05, 0) is 48.5 Å². The van der Waals surface area contributed by atoms with Gasteiger partial charge in [-0.1, -0.05) is 61.7 Å². The SMILES string of the molecule is O=C(Nc1ccc(Cl)cc1)ONC1=Nc2ccc(Br)cc2C(c2ccccc2Br)=NC1. The highest BCUT2D eigenvalue weighted by atomic mass is 79.9. The van der Waals surface area contributed by atoms with Gasteiger partial charge in [-0.3, -0.25) is 10.3 Å². The van der Waals surface area contributed by atoms with Gasteiger partial charge in [0, 0.05) is 30.8 Å². The average Bonchev–Trinajstić information content (AvgIpc) is 2.93. The van der Waals surface area contributed by atoms with Crippen molar-refractivity contribution in [3.63, 3.8) is 0 Å². The van der Waals surface area contributed by atoms with Gasteiger partial charge in [0.05, 0.1) is 11.4 Å². The predicted molar refractivity (Wildman–Crippen MR) is 131 cm³/mol. The second kappa shape index (κ2) is 9.64. The van der Waals surface area contributed by atoms with E-state index in [1.807, 2.05) is 42.5 Å². The van der Waals surface area contributed by atoms with Crippen molar-refractivity contribution in [1.82, 2.24) is 5.48 Å². The number of amidine groups is 1. The zero-order valence-electron chi connectivity index (χ0n) is 15.9. The van der Waals surface area contributed by atoms with Crippen LogP contribution in [0, 0.1) is 0 Å². The first-order valence-corrected chi connectivity index (χ1v) is 11.1. The van der Waals surface area contributed by atoms with Crippen molar-refractivity contribution in [1.29, 1.82) is 0 Å². The van der Waals surface area contributed by atoms with Crippen molar-refractivity contribution in [2.24, 2.45) is 9.98 Å². The van der Waals surface area contributed by atoms with Crippen LogP contribution in [0.4, 0.5) is 16.2 Å². The molecule has 0 unspecified atom stereocenters. The summed E-state index contributed by atoms with van der Waals surface area (Å²) in [5, 5.41) is 3.19. The summed E-state index contributed by atoms with van der Waals surface area (Å²) < 4.78 is 1.84. The van der Waals surface area contributed by atoms with E-state index in [9.17, 15) is 4.79 Å². The lowest BCUT2D eigenvalue weighted by molar-refractivity contribution is 0.134. The van der Waals surface area contributed by atoms with Gasteiger partial charge in [-0.25, -0.2) is 15.3 Å². The Labute approximate surface area is 200 Å². The molecule has 6 nitrogen and oxygen atoms in total. The van der Waals surface area contributed by atoms with Gasteiger partial charge >= 0.3 is 6.09 Å². The van der Waals surface area contributed by atoms with Crippen LogP contribution in [0.2, 0.25) is 5.02 Å². The summed E-state index contributed by atoms with van der Waals surface area (Å²) in [5.74, 6) is 0.400. The normalized spacial score (nSPS) is 12.7. The molecule has 1 aliphatic heterocycles. The molecule has 0 radical (unpaired) electrons. The number of hydroxylamine groups is 1. The van der Waals surface area contributed by atoms with Gasteiger partial charge in [-0.15, -0.1) is 0 Å². The number of nitrogens with one attached hydrogen (secondary N) is 2. The molecule has 2 N–H and O–H groups in total. The molecular formula is C22H15Br2ClN4O2. The number of hydrogen-bond acceptors (Lipinski definition) is 5. The fraction of sp³-hybridized carbons (Fsp3) is 0.0455. The first-order chi connectivity index (χ1) is 15.0. The van der Waals surface area contributed by atoms with E-state index in [1.165, 1.54) is 0 Å². The van der Waals surface area contributed by atoms with Crippen LogP contribution in [0.1, 0.15) is 11.1 Å². The van der Waals surface area contributed by atoms with E-state index < -0.39 is 6.09 Å². The number of carbonyl (C=O) groups excluding carboxylic acids is 1. The second-order valence-electron chi connectivity index (χ2n) is 6.49. The number of nitrogens with zero attached hydrogens (tertiary/aromatic N) is 2. The summed E-state index contributed by atoms with van der Waals surface area (Å²) in [6.07, 6.45) is -0.680. The Morgan fingerprint density at radius 2 is 1.77 bits per heavy atom. The summed E-state index contributed by atoms with van der Waals surface area (Å²) >= 11 is 13.0. The van der Waals surface area contributed by atoms with E-state index in [4.69, 9.17) is 21.4 Å². The highest BCUT2D eigenvalue weighted by Gasteiger charge is 2.19. The third-order valence-corrected chi connectivity index (χ3v) is 5.77. The molecule has 0 aromatic heterocycles. The van der Waals surface area contributed by atoms with Crippen molar-refractivity contribution in [2.45, 2.75) is 0 Å². The maximum atomic E-state index is 12.1. The van der Waals surface area contributed by atoms with Gasteiger partial charge in [0.1, 0.15) is 6.54 Å². The van der Waals surface area contributed by atoms with E-state index >= 15 is 0 Å². The maximum Gasteiger partial charge on any atom is 0.435 e. The highest BCUT2D eigenvalue weighted by molar-refractivity contribution is 9.10. The molecule has 0 spiro atoms. The molecule has 156 valence electrons. The number of aliphatic imine (C=N–C) groups is 2. The molecule has 0 bridgehead atoms. The van der Waals surface area contributed by atoms with Crippen molar-refractivity contribution in [3.8, 4) is 0 Å². The Kier molecular flexibility index (Phi) is 6.70. The standard InChI is InChI=1S/C22H15Br2ClN4O2/c23-13-5-10-19-17(11-13)21(16-3-1-2-4-18(16)24)26-12-20(28-19)29-31-22(30)27-15-8-6-14(25)7-9-15/h1-11H,12H2,(H,27,30)(H,28,29). The number of fused-ring (bicyclic) bond motifs is 1. The van der Waals surface area contributed by atoms with Crippen LogP contribution in [0.25, 0.3) is 0 Å². The molecule has 1 amide bonds. The summed E-state index contributed by atoms with van der Waals surface area (Å²) in [6, 6.07) is 20.3. The summed E-state index contributed by atoms with van der Waals surface area (Å²) in [4.78, 5) is 26.6. The monoisotopic (exact) mass is 560 g/mol. The lowest BCUT2D eigenvalue weighted by atomic mass is 10.0. The van der Waals surface area contributed by atoms with Crippen LogP contribution in [0.5, 0.6) is 0 Å². The van der Waals surface area contributed by atoms with Crippen molar-refractivity contribution in [3.05, 3.63) is 91.8 Å². The van der Waals surface area contributed by atoms with E-state index in [1.54, 1.807) is 24.3 Å². The Bertz CT molecular complexity index is 1200. The van der Waals surface area contributed by atoms with Gasteiger partial charge in [-0.2, -0.15) is 0 Å². The zero-order chi connectivity index (χ0) is 21.8. The third-order valence-electron chi connectivity index (χ3n) is 4.34. The Hall–Kier alpha value is -2.68. The number of halogens is 3. The molecule has 0 saturated carbocycles. The third kappa shape index (κ3) is 5.33. The topological polar surface area (TPSA) is 75.1 Å². The molecule has 9 heteroatoms. The van der Waals surface area contributed by atoms with Crippen LogP contribution in [0.15, 0.2) is 85.7 Å². The molecular weight excluding hydrogens is 548 g/mol. The van der Waals surface area contributed by atoms with Crippen LogP contribution in [-0.2, 0) is 4.84 Å². The number of anilines is 1. The van der Waals surface area contributed by atoms with Crippen LogP contribution >= 0.6 is 43.5 Å². The molecule has 0 saturated heterocycles. The number of hydrogen-bond donors (Lipinski definition) is 2. The lowest BCUT2D eigenvalue weighted by Crippen LogP contribution is -2.31. The predicted octanol–water partition coefficient (Wildman–Crippen LogP) is 6.50. The first-order valence-electron chi connectivity index (χ1n) is 9.16. The Morgan fingerprint density at radius 3 is 2.55 bits per heavy atom. The van der Waals surface area contributed by atoms with Crippen molar-refractivity contribution in [2.75, 3.05) is 11.9 Å². The van der Waals surface area contributed by atoms with Crippen molar-refractivity contribution >= 4 is 72.5 Å². The number of benzene rings is 3. The molecule has 3 aromatic carbocycles. The minimum atomic E-state index is -0.680. The van der Waals surface area contributed by atoms with Gasteiger partial charge in [0.15, 0.2) is 5.84 Å². The molecule has 1 aliphatic rings. The first kappa shape index (κ1) is 21.5. The number of rotatable bonds is 2. The molecule has 1 heterocycles. The molecule has 0 aliphatic carbocycles. The van der Waals surface area contributed by atoms with E-state index in [0.29, 0.717) is 22.2 Å². The minimum Gasteiger partial charge on any atom is -0.323 e. The molecule has 0 fully saturated rings. The fourth-order valence-electron chi connectivity index (χ4n) is 2.94. The summed E-state index contributed by atoms with van der Waals surface area (Å²) in [7, 11) is 0. The van der Waals surface area contributed by atoms with Gasteiger partial charge < -0.3 is 4.84 Å². The summed E-state index contributed by atoms with van der Waals surface area (Å²) in [6.45, 7) is 0.206.